The van der Waals surface area contributed by atoms with Gasteiger partial charge in [-0.05, 0) is 36.7 Å². The molecule has 0 radical (unpaired) electrons. The van der Waals surface area contributed by atoms with Gasteiger partial charge in [-0.2, -0.15) is 5.26 Å². The summed E-state index contributed by atoms with van der Waals surface area (Å²) in [7, 11) is 0. The first-order valence-corrected chi connectivity index (χ1v) is 5.93. The molecule has 1 aromatic carbocycles. The highest BCUT2D eigenvalue weighted by Crippen LogP contribution is 2.18. The predicted octanol–water partition coefficient (Wildman–Crippen LogP) is 1.77. The van der Waals surface area contributed by atoms with Crippen LogP contribution < -0.4 is 5.32 Å². The average molecular weight is 241 g/mol. The van der Waals surface area contributed by atoms with Crippen molar-refractivity contribution in [1.82, 2.24) is 10.3 Å². The lowest BCUT2D eigenvalue weighted by molar-refractivity contribution is 0.285. The summed E-state index contributed by atoms with van der Waals surface area (Å²) in [4.78, 5) is 4.25. The Morgan fingerprint density at radius 3 is 3.06 bits per heavy atom. The molecule has 2 aromatic rings. The number of aliphatic hydroxyl groups excluding tert-OH is 1. The molecular formula is C14H15N3O. The predicted molar refractivity (Wildman–Crippen MR) is 69.8 cm³/mol. The molecule has 1 aromatic heterocycles. The van der Waals surface area contributed by atoms with E-state index in [2.05, 4.69) is 16.4 Å². The summed E-state index contributed by atoms with van der Waals surface area (Å²) in [5, 5.41) is 22.0. The molecule has 0 aliphatic heterocycles. The van der Waals surface area contributed by atoms with Crippen molar-refractivity contribution >= 4 is 10.9 Å². The van der Waals surface area contributed by atoms with E-state index in [1.807, 2.05) is 30.3 Å². The number of aromatic nitrogens is 1. The molecule has 0 aliphatic carbocycles. The van der Waals surface area contributed by atoms with E-state index in [-0.39, 0.29) is 12.6 Å². The summed E-state index contributed by atoms with van der Waals surface area (Å²) in [6.45, 7) is 0.757. The van der Waals surface area contributed by atoms with E-state index in [9.17, 15) is 0 Å². The maximum Gasteiger partial charge on any atom is 0.121 e. The number of nitrogens with one attached hydrogen (secondary N) is 1. The Kier molecular flexibility index (Phi) is 4.24. The second kappa shape index (κ2) is 6.10. The van der Waals surface area contributed by atoms with Crippen molar-refractivity contribution in [3.05, 3.63) is 42.1 Å². The molecule has 2 rings (SSSR count). The third-order valence-corrected chi connectivity index (χ3v) is 2.77. The van der Waals surface area contributed by atoms with Crippen LogP contribution in [0.25, 0.3) is 10.9 Å². The van der Waals surface area contributed by atoms with E-state index in [0.29, 0.717) is 13.0 Å². The number of pyridine rings is 1. The highest BCUT2D eigenvalue weighted by Gasteiger charge is 2.09. The lowest BCUT2D eigenvalue weighted by Gasteiger charge is -2.11. The SMILES string of the molecule is N#CC(NCCCO)c1ccc2ncccc2c1. The van der Waals surface area contributed by atoms with Crippen LogP contribution >= 0.6 is 0 Å². The average Bonchev–Trinajstić information content (AvgIpc) is 2.43. The summed E-state index contributed by atoms with van der Waals surface area (Å²) in [5.74, 6) is 0. The molecule has 1 atom stereocenters. The van der Waals surface area contributed by atoms with Crippen molar-refractivity contribution in [2.24, 2.45) is 0 Å². The van der Waals surface area contributed by atoms with Crippen LogP contribution in [0, 0.1) is 11.3 Å². The lowest BCUT2D eigenvalue weighted by Crippen LogP contribution is -2.21. The number of hydrogen-bond acceptors (Lipinski definition) is 4. The fraction of sp³-hybridized carbons (Fsp3) is 0.286. The van der Waals surface area contributed by atoms with Gasteiger partial charge >= 0.3 is 0 Å². The van der Waals surface area contributed by atoms with Crippen LogP contribution in [-0.4, -0.2) is 23.2 Å². The third kappa shape index (κ3) is 2.83. The smallest absolute Gasteiger partial charge is 0.121 e. The summed E-state index contributed by atoms with van der Waals surface area (Å²) in [6, 6.07) is 11.6. The number of nitrogens with zero attached hydrogens (tertiary/aromatic N) is 2. The molecule has 4 nitrogen and oxygen atoms in total. The largest absolute Gasteiger partial charge is 0.396 e. The first-order chi connectivity index (χ1) is 8.85. The minimum Gasteiger partial charge on any atom is -0.396 e. The monoisotopic (exact) mass is 241 g/mol. The van der Waals surface area contributed by atoms with Gasteiger partial charge in [0.1, 0.15) is 6.04 Å². The van der Waals surface area contributed by atoms with Crippen LogP contribution in [0.1, 0.15) is 18.0 Å². The van der Waals surface area contributed by atoms with Crippen molar-refractivity contribution in [3.63, 3.8) is 0 Å². The molecule has 0 bridgehead atoms. The second-order valence-corrected chi connectivity index (χ2v) is 4.05. The van der Waals surface area contributed by atoms with E-state index in [4.69, 9.17) is 10.4 Å². The van der Waals surface area contributed by atoms with Gasteiger partial charge in [-0.1, -0.05) is 12.1 Å². The maximum atomic E-state index is 9.16. The van der Waals surface area contributed by atoms with Crippen molar-refractivity contribution in [2.45, 2.75) is 12.5 Å². The van der Waals surface area contributed by atoms with E-state index < -0.39 is 0 Å². The maximum absolute atomic E-state index is 9.16. The number of rotatable bonds is 5. The molecule has 0 spiro atoms. The van der Waals surface area contributed by atoms with Crippen LogP contribution in [0.2, 0.25) is 0 Å². The van der Waals surface area contributed by atoms with Crippen LogP contribution in [0.3, 0.4) is 0 Å². The van der Waals surface area contributed by atoms with Gasteiger partial charge in [0.2, 0.25) is 0 Å². The zero-order valence-electron chi connectivity index (χ0n) is 10.0. The molecule has 1 unspecified atom stereocenters. The summed E-state index contributed by atoms with van der Waals surface area (Å²) in [5.41, 5.74) is 1.85. The molecule has 92 valence electrons. The normalized spacial score (nSPS) is 12.2. The van der Waals surface area contributed by atoms with E-state index in [0.717, 1.165) is 16.5 Å². The van der Waals surface area contributed by atoms with Gasteiger partial charge in [-0.25, -0.2) is 0 Å². The third-order valence-electron chi connectivity index (χ3n) is 2.77. The summed E-state index contributed by atoms with van der Waals surface area (Å²) >= 11 is 0. The van der Waals surface area contributed by atoms with E-state index in [1.54, 1.807) is 6.20 Å². The van der Waals surface area contributed by atoms with E-state index in [1.165, 1.54) is 0 Å². The van der Waals surface area contributed by atoms with Crippen molar-refractivity contribution in [1.29, 1.82) is 5.26 Å². The molecule has 2 N–H and O–H groups in total. The molecule has 18 heavy (non-hydrogen) atoms. The van der Waals surface area contributed by atoms with Gasteiger partial charge in [-0.3, -0.25) is 10.3 Å². The van der Waals surface area contributed by atoms with Gasteiger partial charge in [-0.15, -0.1) is 0 Å². The molecule has 1 heterocycles. The standard InChI is InChI=1S/C14H15N3O/c15-10-14(17-7-2-8-18)12-4-5-13-11(9-12)3-1-6-16-13/h1,3-6,9,14,17-18H,2,7-8H2. The second-order valence-electron chi connectivity index (χ2n) is 4.05. The molecule has 0 amide bonds. The Hall–Kier alpha value is -1.96. The summed E-state index contributed by atoms with van der Waals surface area (Å²) in [6.07, 6.45) is 2.40. The molecule has 0 saturated heterocycles. The minimum atomic E-state index is -0.346. The fourth-order valence-corrected chi connectivity index (χ4v) is 1.84. The van der Waals surface area contributed by atoms with Crippen LogP contribution in [-0.2, 0) is 0 Å². The Balaban J connectivity index is 2.20. The Morgan fingerprint density at radius 2 is 2.28 bits per heavy atom. The van der Waals surface area contributed by atoms with Gasteiger partial charge < -0.3 is 5.11 Å². The topological polar surface area (TPSA) is 68.9 Å². The molecule has 0 fully saturated rings. The minimum absolute atomic E-state index is 0.132. The van der Waals surface area contributed by atoms with E-state index >= 15 is 0 Å². The van der Waals surface area contributed by atoms with Crippen LogP contribution in [0.15, 0.2) is 36.5 Å². The number of aliphatic hydroxyl groups is 1. The molecule has 4 heteroatoms. The Bertz CT molecular complexity index is 562. The first kappa shape index (κ1) is 12.5. The number of fused-ring (bicyclic) bond motifs is 1. The summed E-state index contributed by atoms with van der Waals surface area (Å²) < 4.78 is 0. The molecular weight excluding hydrogens is 226 g/mol. The quantitative estimate of drug-likeness (QED) is 0.783. The Labute approximate surface area is 106 Å². The van der Waals surface area contributed by atoms with Crippen molar-refractivity contribution < 1.29 is 5.11 Å². The molecule has 0 saturated carbocycles. The zero-order chi connectivity index (χ0) is 12.8. The van der Waals surface area contributed by atoms with Gasteiger partial charge in [0, 0.05) is 18.2 Å². The van der Waals surface area contributed by atoms with Gasteiger partial charge in [0.15, 0.2) is 0 Å². The van der Waals surface area contributed by atoms with Gasteiger partial charge in [0.05, 0.1) is 11.6 Å². The highest BCUT2D eigenvalue weighted by atomic mass is 16.3. The number of hydrogen-bond donors (Lipinski definition) is 2. The lowest BCUT2D eigenvalue weighted by atomic mass is 10.0. The van der Waals surface area contributed by atoms with Crippen LogP contribution in [0.4, 0.5) is 0 Å². The van der Waals surface area contributed by atoms with Crippen LogP contribution in [0.5, 0.6) is 0 Å². The number of benzene rings is 1. The number of nitriles is 1. The van der Waals surface area contributed by atoms with Crippen molar-refractivity contribution in [3.8, 4) is 6.07 Å². The molecule has 0 aliphatic rings. The van der Waals surface area contributed by atoms with Crippen molar-refractivity contribution in [2.75, 3.05) is 13.2 Å². The highest BCUT2D eigenvalue weighted by molar-refractivity contribution is 5.79. The van der Waals surface area contributed by atoms with Gasteiger partial charge in [0.25, 0.3) is 0 Å². The zero-order valence-corrected chi connectivity index (χ0v) is 10.0. The fourth-order valence-electron chi connectivity index (χ4n) is 1.84. The first-order valence-electron chi connectivity index (χ1n) is 5.93. The Morgan fingerprint density at radius 1 is 1.39 bits per heavy atom.